The zero-order valence-electron chi connectivity index (χ0n) is 20.4. The molecule has 1 saturated heterocycles. The van der Waals surface area contributed by atoms with Gasteiger partial charge in [-0.15, -0.1) is 5.10 Å². The lowest BCUT2D eigenvalue weighted by Gasteiger charge is -2.12. The summed E-state index contributed by atoms with van der Waals surface area (Å²) in [6, 6.07) is 11.5. The first kappa shape index (κ1) is 25.7. The molecule has 1 aliphatic rings. The molecule has 0 radical (unpaired) electrons. The van der Waals surface area contributed by atoms with E-state index in [1.165, 1.54) is 37.7 Å². The minimum absolute atomic E-state index is 0.0212. The van der Waals surface area contributed by atoms with Crippen LogP contribution in [0.4, 0.5) is 0 Å². The van der Waals surface area contributed by atoms with Gasteiger partial charge in [0.2, 0.25) is 5.75 Å². The molecule has 2 aromatic carbocycles. The van der Waals surface area contributed by atoms with Crippen LogP contribution in [0.25, 0.3) is 6.08 Å². The summed E-state index contributed by atoms with van der Waals surface area (Å²) in [6.45, 7) is 2.39. The van der Waals surface area contributed by atoms with Crippen LogP contribution in [-0.4, -0.2) is 53.2 Å². The van der Waals surface area contributed by atoms with Crippen molar-refractivity contribution in [3.05, 3.63) is 70.5 Å². The second-order valence-electron chi connectivity index (χ2n) is 7.64. The Morgan fingerprint density at radius 1 is 1.05 bits per heavy atom. The number of phenolic OH excluding ortho intramolecular Hbond substituents is 2. The van der Waals surface area contributed by atoms with E-state index in [0.717, 1.165) is 11.8 Å². The van der Waals surface area contributed by atoms with E-state index in [2.05, 4.69) is 10.2 Å². The maximum absolute atomic E-state index is 13.3. The first-order chi connectivity index (χ1) is 17.9. The molecule has 1 fully saturated rings. The molecule has 11 heteroatoms. The van der Waals surface area contributed by atoms with Crippen LogP contribution < -0.4 is 14.2 Å². The van der Waals surface area contributed by atoms with Crippen molar-refractivity contribution in [2.75, 3.05) is 20.8 Å². The van der Waals surface area contributed by atoms with Gasteiger partial charge in [0.15, 0.2) is 28.2 Å². The van der Waals surface area contributed by atoms with E-state index in [1.54, 1.807) is 42.5 Å². The standard InChI is InChI=1S/C26H25N3O7S/c1-4-35-20-10-16(7-8-19(20)30)13-23-25(32)29(15-18-6-5-9-36-18)26(37-23)28-27-14-17-11-21(33-2)24(31)22(12-17)34-3/h5-14,30-31H,4,15H2,1-3H3/b23-13-,27-14-,28-26+. The molecule has 0 unspecified atom stereocenters. The van der Waals surface area contributed by atoms with E-state index in [4.69, 9.17) is 18.6 Å². The van der Waals surface area contributed by atoms with Gasteiger partial charge in [-0.3, -0.25) is 9.69 Å². The number of amidine groups is 1. The number of amides is 1. The van der Waals surface area contributed by atoms with E-state index < -0.39 is 0 Å². The quantitative estimate of drug-likeness (QED) is 0.237. The predicted octanol–water partition coefficient (Wildman–Crippen LogP) is 4.61. The number of aromatic hydroxyl groups is 2. The molecule has 4 rings (SSSR count). The number of methoxy groups -OCH3 is 2. The molecule has 1 aliphatic heterocycles. The van der Waals surface area contributed by atoms with Gasteiger partial charge in [-0.1, -0.05) is 6.07 Å². The van der Waals surface area contributed by atoms with Crippen molar-refractivity contribution in [1.82, 2.24) is 4.90 Å². The van der Waals surface area contributed by atoms with Crippen molar-refractivity contribution < 1.29 is 33.6 Å². The number of ether oxygens (including phenoxy) is 3. The fourth-order valence-electron chi connectivity index (χ4n) is 3.46. The van der Waals surface area contributed by atoms with E-state index >= 15 is 0 Å². The zero-order valence-corrected chi connectivity index (χ0v) is 21.2. The maximum atomic E-state index is 13.3. The lowest BCUT2D eigenvalue weighted by Crippen LogP contribution is -2.28. The van der Waals surface area contributed by atoms with Crippen molar-refractivity contribution >= 4 is 35.1 Å². The molecule has 37 heavy (non-hydrogen) atoms. The van der Waals surface area contributed by atoms with Gasteiger partial charge < -0.3 is 28.8 Å². The Morgan fingerprint density at radius 2 is 1.78 bits per heavy atom. The number of rotatable bonds is 9. The predicted molar refractivity (Wildman–Crippen MR) is 140 cm³/mol. The molecular formula is C26H25N3O7S. The summed E-state index contributed by atoms with van der Waals surface area (Å²) in [5.41, 5.74) is 1.26. The molecule has 0 saturated carbocycles. The lowest BCUT2D eigenvalue weighted by molar-refractivity contribution is -0.122. The summed E-state index contributed by atoms with van der Waals surface area (Å²) >= 11 is 1.16. The van der Waals surface area contributed by atoms with Gasteiger partial charge in [-0.25, -0.2) is 0 Å². The zero-order chi connectivity index (χ0) is 26.4. The van der Waals surface area contributed by atoms with Crippen LogP contribution in [0.2, 0.25) is 0 Å². The van der Waals surface area contributed by atoms with E-state index in [0.29, 0.717) is 39.3 Å². The van der Waals surface area contributed by atoms with Gasteiger partial charge in [0.05, 0.1) is 44.8 Å². The number of carbonyl (C=O) groups excluding carboxylic acids is 1. The number of nitrogens with zero attached hydrogens (tertiary/aromatic N) is 3. The molecule has 0 bridgehead atoms. The summed E-state index contributed by atoms with van der Waals surface area (Å²) in [5, 5.41) is 28.9. The van der Waals surface area contributed by atoms with Crippen LogP contribution in [0.15, 0.2) is 68.3 Å². The van der Waals surface area contributed by atoms with Gasteiger partial charge in [-0.05, 0) is 66.7 Å². The van der Waals surface area contributed by atoms with Crippen LogP contribution in [0.1, 0.15) is 23.8 Å². The van der Waals surface area contributed by atoms with E-state index in [9.17, 15) is 15.0 Å². The molecule has 0 aliphatic carbocycles. The molecule has 1 aromatic heterocycles. The summed E-state index contributed by atoms with van der Waals surface area (Å²) in [5.74, 6) is 1.00. The van der Waals surface area contributed by atoms with Crippen LogP contribution in [0.5, 0.6) is 28.7 Å². The maximum Gasteiger partial charge on any atom is 0.267 e. The number of thioether (sulfide) groups is 1. The third-order valence-corrected chi connectivity index (χ3v) is 6.21. The van der Waals surface area contributed by atoms with Gasteiger partial charge in [-0.2, -0.15) is 5.10 Å². The molecule has 1 amide bonds. The Morgan fingerprint density at radius 3 is 2.43 bits per heavy atom. The molecule has 0 spiro atoms. The first-order valence-electron chi connectivity index (χ1n) is 11.2. The van der Waals surface area contributed by atoms with Crippen molar-refractivity contribution in [2.24, 2.45) is 10.2 Å². The topological polar surface area (TPSA) is 126 Å². The van der Waals surface area contributed by atoms with E-state index in [1.807, 2.05) is 6.92 Å². The van der Waals surface area contributed by atoms with Crippen LogP contribution in [0, 0.1) is 0 Å². The van der Waals surface area contributed by atoms with Crippen LogP contribution in [-0.2, 0) is 11.3 Å². The highest BCUT2D eigenvalue weighted by atomic mass is 32.2. The second-order valence-corrected chi connectivity index (χ2v) is 8.65. The van der Waals surface area contributed by atoms with Gasteiger partial charge >= 0.3 is 0 Å². The summed E-state index contributed by atoms with van der Waals surface area (Å²) in [7, 11) is 2.87. The third-order valence-electron chi connectivity index (χ3n) is 5.22. The Balaban J connectivity index is 1.64. The molecule has 2 heterocycles. The SMILES string of the molecule is CCOc1cc(/C=C2\S/C(=N/N=C\c3cc(OC)c(O)c(OC)c3)N(Cc3ccco3)C2=O)ccc1O. The highest BCUT2D eigenvalue weighted by molar-refractivity contribution is 8.18. The van der Waals surface area contributed by atoms with Crippen molar-refractivity contribution in [3.8, 4) is 28.7 Å². The number of furan rings is 1. The smallest absolute Gasteiger partial charge is 0.267 e. The van der Waals surface area contributed by atoms with Gasteiger partial charge in [0, 0.05) is 5.56 Å². The third kappa shape index (κ3) is 5.89. The fraction of sp³-hybridized carbons (Fsp3) is 0.192. The molecule has 192 valence electrons. The number of benzene rings is 2. The van der Waals surface area contributed by atoms with Crippen LogP contribution >= 0.6 is 11.8 Å². The second kappa shape index (κ2) is 11.6. The average molecular weight is 524 g/mol. The number of phenols is 2. The van der Waals surface area contributed by atoms with Crippen molar-refractivity contribution in [3.63, 3.8) is 0 Å². The summed E-state index contributed by atoms with van der Waals surface area (Å²) in [4.78, 5) is 15.2. The number of carbonyl (C=O) groups is 1. The Hall–Kier alpha value is -4.38. The molecule has 2 N–H and O–H groups in total. The van der Waals surface area contributed by atoms with E-state index in [-0.39, 0.29) is 35.4 Å². The monoisotopic (exact) mass is 523 g/mol. The lowest BCUT2D eigenvalue weighted by atomic mass is 10.2. The number of hydrogen-bond donors (Lipinski definition) is 2. The first-order valence-corrected chi connectivity index (χ1v) is 12.0. The minimum atomic E-state index is -0.269. The fourth-order valence-corrected chi connectivity index (χ4v) is 4.39. The Kier molecular flexibility index (Phi) is 8.04. The Labute approximate surface area is 217 Å². The molecular weight excluding hydrogens is 498 g/mol. The highest BCUT2D eigenvalue weighted by Gasteiger charge is 2.34. The highest BCUT2D eigenvalue weighted by Crippen LogP contribution is 2.37. The number of hydrogen-bond acceptors (Lipinski definition) is 10. The Bertz CT molecular complexity index is 1340. The molecule has 0 atom stereocenters. The van der Waals surface area contributed by atoms with Crippen molar-refractivity contribution in [2.45, 2.75) is 13.5 Å². The summed E-state index contributed by atoms with van der Waals surface area (Å²) in [6.07, 6.45) is 4.70. The van der Waals surface area contributed by atoms with Crippen LogP contribution in [0.3, 0.4) is 0 Å². The van der Waals surface area contributed by atoms with Crippen molar-refractivity contribution in [1.29, 1.82) is 0 Å². The molecule has 10 nitrogen and oxygen atoms in total. The van der Waals surface area contributed by atoms with Gasteiger partial charge in [0.1, 0.15) is 5.76 Å². The minimum Gasteiger partial charge on any atom is -0.504 e. The van der Waals surface area contributed by atoms with Gasteiger partial charge in [0.25, 0.3) is 5.91 Å². The normalized spacial score (nSPS) is 15.8. The summed E-state index contributed by atoms with van der Waals surface area (Å²) < 4.78 is 21.2. The largest absolute Gasteiger partial charge is 0.504 e. The average Bonchev–Trinajstić information content (AvgIpc) is 3.51. The molecule has 3 aromatic rings.